The van der Waals surface area contributed by atoms with Crippen molar-refractivity contribution in [3.8, 4) is 0 Å². The smallest absolute Gasteiger partial charge is 0.307 e. The Kier molecular flexibility index (Phi) is 4.28. The van der Waals surface area contributed by atoms with Gasteiger partial charge in [-0.3, -0.25) is 10.5 Å². The van der Waals surface area contributed by atoms with E-state index in [2.05, 4.69) is 15.7 Å². The second-order valence-electron chi connectivity index (χ2n) is 3.22. The molecule has 6 nitrogen and oxygen atoms in total. The Morgan fingerprint density at radius 1 is 1.38 bits per heavy atom. The number of carbonyl (C=O) groups excluding carboxylic acids is 1. The summed E-state index contributed by atoms with van der Waals surface area (Å²) in [5.74, 6) is 0. The average Bonchev–Trinajstić information content (AvgIpc) is 2.24. The second-order valence-corrected chi connectivity index (χ2v) is 3.22. The molecule has 0 atom stereocenters. The van der Waals surface area contributed by atoms with Gasteiger partial charge in [0.25, 0.3) is 0 Å². The number of para-hydroxylation sites is 1. The maximum absolute atomic E-state index is 11.4. The maximum atomic E-state index is 11.4. The van der Waals surface area contributed by atoms with Crippen LogP contribution < -0.4 is 16.2 Å². The van der Waals surface area contributed by atoms with E-state index in [0.717, 1.165) is 23.2 Å². The summed E-state index contributed by atoms with van der Waals surface area (Å²) in [5, 5.41) is 16.4. The minimum Gasteiger partial charge on any atom is -0.307 e. The molecule has 86 valence electrons. The van der Waals surface area contributed by atoms with Gasteiger partial charge in [0.15, 0.2) is 0 Å². The Morgan fingerprint density at radius 3 is 2.56 bits per heavy atom. The lowest BCUT2D eigenvalue weighted by Gasteiger charge is -2.10. The average molecular weight is 222 g/mol. The fraction of sp³-hybridized carbons (Fsp3) is 0.200. The molecule has 0 fully saturated rings. The molecule has 1 aromatic carbocycles. The number of hydrogen-bond acceptors (Lipinski definition) is 4. The van der Waals surface area contributed by atoms with Crippen molar-refractivity contribution in [2.45, 2.75) is 13.8 Å². The molecule has 0 saturated heterocycles. The summed E-state index contributed by atoms with van der Waals surface area (Å²) >= 11 is 0. The molecule has 1 rings (SSSR count). The third-order valence-electron chi connectivity index (χ3n) is 2.04. The van der Waals surface area contributed by atoms with Gasteiger partial charge >= 0.3 is 6.03 Å². The van der Waals surface area contributed by atoms with Crippen LogP contribution in [-0.4, -0.2) is 17.6 Å². The molecule has 6 heteroatoms. The van der Waals surface area contributed by atoms with E-state index >= 15 is 0 Å². The van der Waals surface area contributed by atoms with E-state index in [4.69, 9.17) is 5.21 Å². The highest BCUT2D eigenvalue weighted by Gasteiger charge is 2.05. The van der Waals surface area contributed by atoms with Crippen LogP contribution in [0.25, 0.3) is 0 Å². The minimum absolute atomic E-state index is 0.420. The first kappa shape index (κ1) is 12.0. The van der Waals surface area contributed by atoms with Crippen molar-refractivity contribution in [2.75, 3.05) is 5.32 Å². The van der Waals surface area contributed by atoms with Gasteiger partial charge < -0.3 is 5.32 Å². The first-order valence-corrected chi connectivity index (χ1v) is 4.69. The predicted molar refractivity (Wildman–Crippen MR) is 61.5 cm³/mol. The molecule has 0 saturated carbocycles. The lowest BCUT2D eigenvalue weighted by atomic mass is 10.1. The number of carbonyl (C=O) groups is 1. The predicted octanol–water partition coefficient (Wildman–Crippen LogP) is 1.35. The molecule has 0 aliphatic rings. The van der Waals surface area contributed by atoms with Crippen LogP contribution in [-0.2, 0) is 0 Å². The summed E-state index contributed by atoms with van der Waals surface area (Å²) in [6.45, 7) is 3.82. The van der Waals surface area contributed by atoms with Crippen LogP contribution in [0.4, 0.5) is 10.5 Å². The highest BCUT2D eigenvalue weighted by Crippen LogP contribution is 2.18. The van der Waals surface area contributed by atoms with E-state index in [0.29, 0.717) is 0 Å². The molecule has 0 unspecified atom stereocenters. The number of hydrazone groups is 1. The Hall–Kier alpha value is -2.08. The highest BCUT2D eigenvalue weighted by molar-refractivity contribution is 5.97. The Morgan fingerprint density at radius 2 is 2.00 bits per heavy atom. The molecule has 0 heterocycles. The van der Waals surface area contributed by atoms with Gasteiger partial charge in [-0.1, -0.05) is 18.2 Å². The van der Waals surface area contributed by atoms with Gasteiger partial charge in [-0.2, -0.15) is 5.59 Å². The van der Waals surface area contributed by atoms with E-state index in [1.54, 1.807) is 0 Å². The largest absolute Gasteiger partial charge is 0.324 e. The third kappa shape index (κ3) is 3.25. The molecular formula is C10H14N4O2. The summed E-state index contributed by atoms with van der Waals surface area (Å²) in [6.07, 6.45) is 1.04. The van der Waals surface area contributed by atoms with Gasteiger partial charge in [0, 0.05) is 5.69 Å². The molecule has 0 aromatic heterocycles. The van der Waals surface area contributed by atoms with E-state index in [-0.39, 0.29) is 0 Å². The zero-order chi connectivity index (χ0) is 12.0. The van der Waals surface area contributed by atoms with E-state index in [1.165, 1.54) is 5.59 Å². The van der Waals surface area contributed by atoms with Crippen LogP contribution in [0.2, 0.25) is 0 Å². The molecule has 0 spiro atoms. The van der Waals surface area contributed by atoms with Crippen molar-refractivity contribution in [3.63, 3.8) is 0 Å². The number of amides is 2. The van der Waals surface area contributed by atoms with E-state index in [9.17, 15) is 4.79 Å². The second kappa shape index (κ2) is 5.72. The lowest BCUT2D eigenvalue weighted by Crippen LogP contribution is -2.28. The molecule has 0 radical (unpaired) electrons. The molecule has 4 N–H and O–H groups in total. The third-order valence-corrected chi connectivity index (χ3v) is 2.04. The van der Waals surface area contributed by atoms with Gasteiger partial charge in [-0.05, 0) is 25.0 Å². The summed E-state index contributed by atoms with van der Waals surface area (Å²) in [5.41, 5.74) is 4.26. The quantitative estimate of drug-likeness (QED) is 0.354. The van der Waals surface area contributed by atoms with Crippen LogP contribution in [0.3, 0.4) is 0 Å². The van der Waals surface area contributed by atoms with E-state index in [1.807, 2.05) is 32.0 Å². The Labute approximate surface area is 93.3 Å². The Bertz CT molecular complexity index is 384. The van der Waals surface area contributed by atoms with Gasteiger partial charge in [0.05, 0.1) is 0 Å². The summed E-state index contributed by atoms with van der Waals surface area (Å²) in [4.78, 5) is 11.4. The number of hydrogen-bond donors (Lipinski definition) is 4. The number of benzene rings is 1. The number of nitrogens with one attached hydrogen (secondary N) is 3. The molecule has 2 amide bonds. The fourth-order valence-electron chi connectivity index (χ4n) is 1.28. The highest BCUT2D eigenvalue weighted by atomic mass is 16.5. The monoisotopic (exact) mass is 222 g/mol. The summed E-state index contributed by atoms with van der Waals surface area (Å²) in [6, 6.07) is 5.32. The molecular weight excluding hydrogens is 208 g/mol. The van der Waals surface area contributed by atoms with Gasteiger partial charge in [0.2, 0.25) is 0 Å². The summed E-state index contributed by atoms with van der Waals surface area (Å²) < 4.78 is 0. The van der Waals surface area contributed by atoms with Crippen molar-refractivity contribution < 1.29 is 10.0 Å². The van der Waals surface area contributed by atoms with Gasteiger partial charge in [0.1, 0.15) is 6.34 Å². The van der Waals surface area contributed by atoms with Crippen molar-refractivity contribution in [3.05, 3.63) is 29.3 Å². The zero-order valence-corrected chi connectivity index (χ0v) is 9.11. The van der Waals surface area contributed by atoms with Crippen molar-refractivity contribution in [1.29, 1.82) is 0 Å². The fourth-order valence-corrected chi connectivity index (χ4v) is 1.28. The van der Waals surface area contributed by atoms with Gasteiger partial charge in [-0.15, -0.1) is 5.10 Å². The SMILES string of the molecule is Cc1cccc(C)c1NC(=O)NC=NNO. The van der Waals surface area contributed by atoms with Crippen molar-refractivity contribution in [1.82, 2.24) is 10.9 Å². The Balaban J connectivity index is 2.66. The van der Waals surface area contributed by atoms with Crippen molar-refractivity contribution in [2.24, 2.45) is 5.10 Å². The first-order chi connectivity index (χ1) is 7.65. The van der Waals surface area contributed by atoms with Crippen LogP contribution in [0, 0.1) is 13.8 Å². The lowest BCUT2D eigenvalue weighted by molar-refractivity contribution is 0.172. The maximum Gasteiger partial charge on any atom is 0.324 e. The standard InChI is InChI=1S/C10H14N4O2/c1-7-4-3-5-8(2)9(7)13-10(15)11-6-12-14-16/h3-6,14,16H,1-2H3,(H2,11,12,13,15). The van der Waals surface area contributed by atoms with Gasteiger partial charge in [-0.25, -0.2) is 4.79 Å². The minimum atomic E-state index is -0.420. The number of aryl methyl sites for hydroxylation is 2. The van der Waals surface area contributed by atoms with Crippen LogP contribution >= 0.6 is 0 Å². The molecule has 0 aliphatic heterocycles. The number of rotatable bonds is 3. The summed E-state index contributed by atoms with van der Waals surface area (Å²) in [7, 11) is 0. The van der Waals surface area contributed by atoms with Crippen LogP contribution in [0.1, 0.15) is 11.1 Å². The van der Waals surface area contributed by atoms with E-state index < -0.39 is 6.03 Å². The number of anilines is 1. The molecule has 16 heavy (non-hydrogen) atoms. The zero-order valence-electron chi connectivity index (χ0n) is 9.11. The number of nitrogens with zero attached hydrogens (tertiary/aromatic N) is 1. The number of urea groups is 1. The normalized spacial score (nSPS) is 10.2. The van der Waals surface area contributed by atoms with Crippen molar-refractivity contribution >= 4 is 18.1 Å². The van der Waals surface area contributed by atoms with Crippen LogP contribution in [0.15, 0.2) is 23.3 Å². The molecule has 0 aliphatic carbocycles. The van der Waals surface area contributed by atoms with Crippen LogP contribution in [0.5, 0.6) is 0 Å². The first-order valence-electron chi connectivity index (χ1n) is 4.69. The topological polar surface area (TPSA) is 85.8 Å². The molecule has 1 aromatic rings. The molecule has 0 bridgehead atoms.